The summed E-state index contributed by atoms with van der Waals surface area (Å²) in [5, 5.41) is 70.0. The number of aliphatic hydroxyl groups excluding tert-OH is 4. The molecule has 0 radical (unpaired) electrons. The van der Waals surface area contributed by atoms with Crippen LogP contribution in [0.15, 0.2) is 40.8 Å². The van der Waals surface area contributed by atoms with Crippen LogP contribution >= 0.6 is 0 Å². The zero-order valence-electron chi connectivity index (χ0n) is 17.7. The lowest BCUT2D eigenvalue weighted by atomic mass is 9.99. The van der Waals surface area contributed by atoms with Crippen LogP contribution in [0, 0.1) is 0 Å². The molecule has 2 heterocycles. The first-order chi connectivity index (χ1) is 15.7. The Labute approximate surface area is 203 Å². The Hall–Kier alpha value is -2.87. The van der Waals surface area contributed by atoms with Crippen molar-refractivity contribution in [2.24, 2.45) is 0 Å². The van der Waals surface area contributed by atoms with E-state index in [1.807, 2.05) is 0 Å². The second-order valence-electron chi connectivity index (χ2n) is 7.52. The molecular weight excluding hydrogens is 520 g/mol. The van der Waals surface area contributed by atoms with Crippen molar-refractivity contribution in [3.63, 3.8) is 0 Å². The highest BCUT2D eigenvalue weighted by atomic mass is 79.9. The molecular formula is C22H23BrO11. The standard InChI is InChI=1S/C22H22O11.BrH/c1-30-15-4-9(2-3-12(15)25)21-16(7-11-13(26)5-10(24)6-14(11)31-21)32-22-20(29)19(28)18(27)17(8-23)33-22;/h2-7,17-20,22-23,27-29H,8H2,1H3,(H2-,24,25,26);1H/t17-,18+,19+,20-,22-;/m1./s1. The first kappa shape index (κ1) is 25.7. The smallest absolute Gasteiger partial charge is 0.402 e. The summed E-state index contributed by atoms with van der Waals surface area (Å²) in [6.45, 7) is -0.644. The first-order valence-electron chi connectivity index (χ1n) is 9.91. The molecule has 1 aliphatic rings. The molecule has 12 heteroatoms. The van der Waals surface area contributed by atoms with Crippen LogP contribution in [-0.4, -0.2) is 80.2 Å². The number of ether oxygens (including phenoxy) is 3. The number of halogens is 1. The number of fused-ring (bicyclic) bond motifs is 1. The van der Waals surface area contributed by atoms with E-state index < -0.39 is 37.3 Å². The van der Waals surface area contributed by atoms with Crippen LogP contribution < -0.4 is 26.5 Å². The van der Waals surface area contributed by atoms with Gasteiger partial charge in [-0.05, 0) is 12.1 Å². The van der Waals surface area contributed by atoms with Crippen LogP contribution in [0.3, 0.4) is 0 Å². The minimum absolute atomic E-state index is 0. The zero-order chi connectivity index (χ0) is 23.9. The summed E-state index contributed by atoms with van der Waals surface area (Å²) in [6.07, 6.45) is -7.65. The van der Waals surface area contributed by atoms with E-state index in [9.17, 15) is 35.7 Å². The van der Waals surface area contributed by atoms with Gasteiger partial charge in [0.05, 0.1) is 25.3 Å². The van der Waals surface area contributed by atoms with Crippen LogP contribution in [0.25, 0.3) is 22.3 Å². The van der Waals surface area contributed by atoms with Crippen LogP contribution in [0.4, 0.5) is 0 Å². The van der Waals surface area contributed by atoms with E-state index in [1.54, 1.807) is 0 Å². The van der Waals surface area contributed by atoms with Crippen molar-refractivity contribution in [1.82, 2.24) is 0 Å². The molecule has 0 aliphatic carbocycles. The van der Waals surface area contributed by atoms with Crippen molar-refractivity contribution in [2.45, 2.75) is 30.7 Å². The van der Waals surface area contributed by atoms with Crippen LogP contribution in [0.2, 0.25) is 0 Å². The maximum atomic E-state index is 10.4. The zero-order valence-corrected chi connectivity index (χ0v) is 19.3. The number of phenols is 3. The van der Waals surface area contributed by atoms with Gasteiger partial charge < -0.3 is 66.9 Å². The summed E-state index contributed by atoms with van der Waals surface area (Å²) in [5.74, 6) is -0.583. The van der Waals surface area contributed by atoms with Gasteiger partial charge in [-0.1, -0.05) is 0 Å². The van der Waals surface area contributed by atoms with Gasteiger partial charge in [-0.3, -0.25) is 0 Å². The lowest BCUT2D eigenvalue weighted by Gasteiger charge is -2.39. The predicted molar refractivity (Wildman–Crippen MR) is 112 cm³/mol. The van der Waals surface area contributed by atoms with Crippen LogP contribution in [0.1, 0.15) is 0 Å². The Kier molecular flexibility index (Phi) is 7.70. The molecule has 0 spiro atoms. The van der Waals surface area contributed by atoms with E-state index in [0.29, 0.717) is 5.56 Å². The Balaban J connectivity index is 0.00000324. The monoisotopic (exact) mass is 542 g/mol. The molecule has 11 nitrogen and oxygen atoms in total. The number of hydrogen-bond donors (Lipinski definition) is 7. The molecule has 4 rings (SSSR count). The van der Waals surface area contributed by atoms with E-state index in [1.165, 1.54) is 37.4 Å². The third-order valence-corrected chi connectivity index (χ3v) is 5.35. The lowest BCUT2D eigenvalue weighted by molar-refractivity contribution is -0.277. The van der Waals surface area contributed by atoms with Crippen molar-refractivity contribution in [3.8, 4) is 40.1 Å². The van der Waals surface area contributed by atoms with Gasteiger partial charge in [-0.25, -0.2) is 4.42 Å². The third kappa shape index (κ3) is 4.69. The molecule has 0 bridgehead atoms. The SMILES string of the molecule is COc1cc(-c2[o+]c3cc(O)cc(O)c3cc2O[C@@H]2O[C@H](CO)[C@H](O)[C@H](O)[C@H]2O)ccc1O.[Br-]. The molecule has 0 unspecified atom stereocenters. The normalized spacial score (nSPS) is 24.4. The summed E-state index contributed by atoms with van der Waals surface area (Å²) in [5.41, 5.74) is 0.449. The average molecular weight is 543 g/mol. The summed E-state index contributed by atoms with van der Waals surface area (Å²) >= 11 is 0. The largest absolute Gasteiger partial charge is 1.00 e. The van der Waals surface area contributed by atoms with Crippen molar-refractivity contribution in [2.75, 3.05) is 13.7 Å². The van der Waals surface area contributed by atoms with Crippen molar-refractivity contribution in [1.29, 1.82) is 0 Å². The Bertz CT molecular complexity index is 1170. The van der Waals surface area contributed by atoms with Gasteiger partial charge in [-0.15, -0.1) is 0 Å². The fraction of sp³-hybridized carbons (Fsp3) is 0.318. The number of methoxy groups -OCH3 is 1. The third-order valence-electron chi connectivity index (χ3n) is 5.35. The highest BCUT2D eigenvalue weighted by molar-refractivity contribution is 5.88. The van der Waals surface area contributed by atoms with E-state index in [0.717, 1.165) is 6.07 Å². The van der Waals surface area contributed by atoms with E-state index in [4.69, 9.17) is 18.6 Å². The minimum atomic E-state index is -1.69. The average Bonchev–Trinajstić information content (AvgIpc) is 2.79. The summed E-state index contributed by atoms with van der Waals surface area (Å²) in [6, 6.07) is 8.02. The second kappa shape index (κ2) is 10.2. The first-order valence-corrected chi connectivity index (χ1v) is 9.91. The molecule has 0 amide bonds. The fourth-order valence-corrected chi connectivity index (χ4v) is 3.58. The maximum Gasteiger partial charge on any atom is 0.402 e. The summed E-state index contributed by atoms with van der Waals surface area (Å²) in [7, 11) is 1.36. The van der Waals surface area contributed by atoms with Gasteiger partial charge in [-0.2, -0.15) is 0 Å². The van der Waals surface area contributed by atoms with E-state index >= 15 is 0 Å². The lowest BCUT2D eigenvalue weighted by Crippen LogP contribution is -3.00. The molecule has 2 aromatic carbocycles. The molecule has 1 fully saturated rings. The van der Waals surface area contributed by atoms with Crippen LogP contribution in [-0.2, 0) is 4.74 Å². The summed E-state index contributed by atoms with van der Waals surface area (Å²) < 4.78 is 22.2. The Morgan fingerprint density at radius 1 is 0.912 bits per heavy atom. The van der Waals surface area contributed by atoms with Gasteiger partial charge >= 0.3 is 11.3 Å². The number of rotatable bonds is 5. The molecule has 34 heavy (non-hydrogen) atoms. The minimum Gasteiger partial charge on any atom is -1.00 e. The molecule has 7 N–H and O–H groups in total. The van der Waals surface area contributed by atoms with Gasteiger partial charge in [0.2, 0.25) is 12.0 Å². The molecule has 184 valence electrons. The van der Waals surface area contributed by atoms with Crippen molar-refractivity contribution >= 4 is 11.0 Å². The predicted octanol–water partition coefficient (Wildman–Crippen LogP) is -2.31. The maximum absolute atomic E-state index is 10.4. The number of aromatic hydroxyl groups is 3. The number of phenolic OH excluding ortho intramolecular Hbond substituents is 3. The highest BCUT2D eigenvalue weighted by Crippen LogP contribution is 2.42. The molecule has 5 atom stereocenters. The molecule has 0 saturated carbocycles. The highest BCUT2D eigenvalue weighted by Gasteiger charge is 2.45. The van der Waals surface area contributed by atoms with Gasteiger partial charge in [0.25, 0.3) is 0 Å². The summed E-state index contributed by atoms with van der Waals surface area (Å²) in [4.78, 5) is 0. The topological polar surface area (TPSA) is 181 Å². The fourth-order valence-electron chi connectivity index (χ4n) is 3.58. The van der Waals surface area contributed by atoms with Gasteiger partial charge in [0.1, 0.15) is 41.3 Å². The number of benzene rings is 2. The van der Waals surface area contributed by atoms with E-state index in [2.05, 4.69) is 0 Å². The van der Waals surface area contributed by atoms with E-state index in [-0.39, 0.29) is 62.5 Å². The van der Waals surface area contributed by atoms with Crippen LogP contribution in [0.5, 0.6) is 28.7 Å². The Morgan fingerprint density at radius 2 is 1.65 bits per heavy atom. The molecule has 1 aliphatic heterocycles. The van der Waals surface area contributed by atoms with Crippen molar-refractivity contribution < 1.29 is 71.4 Å². The number of aliphatic hydroxyl groups is 4. The number of hydrogen-bond acceptors (Lipinski definition) is 10. The molecule has 1 saturated heterocycles. The van der Waals surface area contributed by atoms with Crippen molar-refractivity contribution in [3.05, 3.63) is 36.4 Å². The Morgan fingerprint density at radius 3 is 2.32 bits per heavy atom. The molecule has 3 aromatic rings. The van der Waals surface area contributed by atoms with Gasteiger partial charge in [0, 0.05) is 18.2 Å². The quantitative estimate of drug-likeness (QED) is 0.172. The van der Waals surface area contributed by atoms with Gasteiger partial charge in [0.15, 0.2) is 11.5 Å². The molecule has 1 aromatic heterocycles. The second-order valence-corrected chi connectivity index (χ2v) is 7.52.